The molecule has 0 radical (unpaired) electrons. The summed E-state index contributed by atoms with van der Waals surface area (Å²) in [7, 11) is 0. The summed E-state index contributed by atoms with van der Waals surface area (Å²) in [5, 5.41) is 0. The Balaban J connectivity index is 1.94. The number of esters is 2. The van der Waals surface area contributed by atoms with E-state index in [1.165, 1.54) is 44.8 Å². The van der Waals surface area contributed by atoms with Crippen LogP contribution in [0, 0.1) is 5.92 Å². The van der Waals surface area contributed by atoms with Crippen LogP contribution in [0.15, 0.2) is 10.7 Å². The fourth-order valence-electron chi connectivity index (χ4n) is 3.81. The van der Waals surface area contributed by atoms with Gasteiger partial charge in [-0.05, 0) is 25.7 Å². The van der Waals surface area contributed by atoms with Gasteiger partial charge in [0.25, 0.3) is 0 Å². The van der Waals surface area contributed by atoms with E-state index in [2.05, 4.69) is 11.9 Å². The molecule has 1 aromatic heterocycles. The van der Waals surface area contributed by atoms with Crippen LogP contribution in [0.3, 0.4) is 0 Å². The van der Waals surface area contributed by atoms with Crippen LogP contribution >= 0.6 is 0 Å². The molecule has 1 aliphatic carbocycles. The third-order valence-electron chi connectivity index (χ3n) is 5.42. The number of carbonyl (C=O) groups excluding carboxylic acids is 2. The smallest absolute Gasteiger partial charge is 0.360 e. The van der Waals surface area contributed by atoms with Gasteiger partial charge in [-0.25, -0.2) is 9.78 Å². The van der Waals surface area contributed by atoms with Crippen LogP contribution in [-0.4, -0.2) is 30.1 Å². The van der Waals surface area contributed by atoms with Crippen molar-refractivity contribution in [3.05, 3.63) is 17.8 Å². The lowest BCUT2D eigenvalue weighted by atomic mass is 9.84. The number of hydrogen-bond acceptors (Lipinski definition) is 6. The summed E-state index contributed by atoms with van der Waals surface area (Å²) < 4.78 is 15.8. The van der Waals surface area contributed by atoms with Crippen molar-refractivity contribution in [3.8, 4) is 0 Å². The van der Waals surface area contributed by atoms with Crippen LogP contribution in [0.25, 0.3) is 0 Å². The lowest BCUT2D eigenvalue weighted by Crippen LogP contribution is -2.13. The van der Waals surface area contributed by atoms with Crippen LogP contribution in [0.5, 0.6) is 0 Å². The SMILES string of the molecule is CCCCOC(=O)CC(CCCC1CCCCC1)c1nc(C(=O)OCC)co1. The van der Waals surface area contributed by atoms with Crippen molar-refractivity contribution in [2.75, 3.05) is 13.2 Å². The third kappa shape index (κ3) is 7.64. The van der Waals surface area contributed by atoms with Crippen molar-refractivity contribution in [2.24, 2.45) is 5.92 Å². The molecule has 1 saturated carbocycles. The standard InChI is InChI=1S/C22H35NO5/c1-3-5-14-27-20(24)15-18(13-9-12-17-10-7-6-8-11-17)21-23-19(16-28-21)22(25)26-4-2/h16-18H,3-15H2,1-2H3. The fraction of sp³-hybridized carbons (Fsp3) is 0.773. The quantitative estimate of drug-likeness (QED) is 0.348. The number of aromatic nitrogens is 1. The van der Waals surface area contributed by atoms with E-state index in [0.717, 1.165) is 31.6 Å². The predicted octanol–water partition coefficient (Wildman–Crippen LogP) is 5.42. The monoisotopic (exact) mass is 393 g/mol. The number of oxazole rings is 1. The summed E-state index contributed by atoms with van der Waals surface area (Å²) in [5.74, 6) is 0.335. The zero-order valence-corrected chi connectivity index (χ0v) is 17.4. The van der Waals surface area contributed by atoms with E-state index >= 15 is 0 Å². The zero-order chi connectivity index (χ0) is 20.2. The topological polar surface area (TPSA) is 78.6 Å². The van der Waals surface area contributed by atoms with Gasteiger partial charge in [-0.2, -0.15) is 0 Å². The van der Waals surface area contributed by atoms with E-state index in [4.69, 9.17) is 13.9 Å². The number of ether oxygens (including phenoxy) is 2. The molecule has 0 N–H and O–H groups in total. The Hall–Kier alpha value is -1.85. The van der Waals surface area contributed by atoms with Gasteiger partial charge in [-0.3, -0.25) is 4.79 Å². The normalized spacial score (nSPS) is 15.9. The minimum absolute atomic E-state index is 0.161. The Labute approximate surface area is 168 Å². The first-order chi connectivity index (χ1) is 13.6. The molecule has 1 aliphatic rings. The maximum absolute atomic E-state index is 12.2. The summed E-state index contributed by atoms with van der Waals surface area (Å²) in [6.07, 6.45) is 13.1. The summed E-state index contributed by atoms with van der Waals surface area (Å²) in [6, 6.07) is 0. The minimum Gasteiger partial charge on any atom is -0.466 e. The molecule has 2 rings (SSSR count). The number of carbonyl (C=O) groups is 2. The molecular formula is C22H35NO5. The van der Waals surface area contributed by atoms with E-state index in [-0.39, 0.29) is 30.6 Å². The summed E-state index contributed by atoms with van der Waals surface area (Å²) in [4.78, 5) is 28.4. The Morgan fingerprint density at radius 1 is 1.18 bits per heavy atom. The van der Waals surface area contributed by atoms with E-state index in [1.807, 2.05) is 0 Å². The van der Waals surface area contributed by atoms with Gasteiger partial charge in [-0.15, -0.1) is 0 Å². The number of nitrogens with zero attached hydrogens (tertiary/aromatic N) is 1. The Kier molecular flexibility index (Phi) is 10.1. The number of rotatable bonds is 12. The van der Waals surface area contributed by atoms with Crippen LogP contribution in [0.1, 0.15) is 107 Å². The predicted molar refractivity (Wildman–Crippen MR) is 106 cm³/mol. The van der Waals surface area contributed by atoms with Crippen LogP contribution in [-0.2, 0) is 14.3 Å². The first-order valence-electron chi connectivity index (χ1n) is 10.9. The second-order valence-corrected chi connectivity index (χ2v) is 7.70. The molecule has 1 unspecified atom stereocenters. The lowest BCUT2D eigenvalue weighted by molar-refractivity contribution is -0.144. The highest BCUT2D eigenvalue weighted by atomic mass is 16.5. The second-order valence-electron chi connectivity index (χ2n) is 7.70. The highest BCUT2D eigenvalue weighted by Crippen LogP contribution is 2.31. The van der Waals surface area contributed by atoms with Crippen LogP contribution < -0.4 is 0 Å². The Morgan fingerprint density at radius 2 is 1.96 bits per heavy atom. The molecule has 0 amide bonds. The maximum Gasteiger partial charge on any atom is 0.360 e. The molecule has 0 aliphatic heterocycles. The number of unbranched alkanes of at least 4 members (excludes halogenated alkanes) is 1. The van der Waals surface area contributed by atoms with Crippen LogP contribution in [0.2, 0.25) is 0 Å². The van der Waals surface area contributed by atoms with E-state index in [9.17, 15) is 9.59 Å². The highest BCUT2D eigenvalue weighted by Gasteiger charge is 2.24. The van der Waals surface area contributed by atoms with Gasteiger partial charge in [0.1, 0.15) is 6.26 Å². The Bertz CT molecular complexity index is 592. The highest BCUT2D eigenvalue weighted by molar-refractivity contribution is 5.86. The lowest BCUT2D eigenvalue weighted by Gasteiger charge is -2.22. The van der Waals surface area contributed by atoms with Gasteiger partial charge in [0.2, 0.25) is 0 Å². The molecule has 1 heterocycles. The fourth-order valence-corrected chi connectivity index (χ4v) is 3.81. The molecule has 28 heavy (non-hydrogen) atoms. The van der Waals surface area contributed by atoms with Gasteiger partial charge in [0.15, 0.2) is 11.6 Å². The second kappa shape index (κ2) is 12.6. The van der Waals surface area contributed by atoms with Crippen molar-refractivity contribution >= 4 is 11.9 Å². The Morgan fingerprint density at radius 3 is 2.68 bits per heavy atom. The summed E-state index contributed by atoms with van der Waals surface area (Å²) >= 11 is 0. The molecule has 1 aromatic rings. The molecular weight excluding hydrogens is 358 g/mol. The van der Waals surface area contributed by atoms with Crippen molar-refractivity contribution in [1.29, 1.82) is 0 Å². The first-order valence-corrected chi connectivity index (χ1v) is 10.9. The van der Waals surface area contributed by atoms with Crippen molar-refractivity contribution < 1.29 is 23.5 Å². The third-order valence-corrected chi connectivity index (χ3v) is 5.42. The van der Waals surface area contributed by atoms with Gasteiger partial charge in [-0.1, -0.05) is 58.3 Å². The number of hydrogen-bond donors (Lipinski definition) is 0. The average Bonchev–Trinajstić information content (AvgIpc) is 3.19. The van der Waals surface area contributed by atoms with Gasteiger partial charge >= 0.3 is 11.9 Å². The van der Waals surface area contributed by atoms with E-state index in [0.29, 0.717) is 12.5 Å². The maximum atomic E-state index is 12.2. The average molecular weight is 394 g/mol. The summed E-state index contributed by atoms with van der Waals surface area (Å²) in [6.45, 7) is 4.55. The van der Waals surface area contributed by atoms with E-state index in [1.54, 1.807) is 6.92 Å². The minimum atomic E-state index is -0.496. The summed E-state index contributed by atoms with van der Waals surface area (Å²) in [5.41, 5.74) is 0.161. The van der Waals surface area contributed by atoms with Crippen molar-refractivity contribution in [1.82, 2.24) is 4.98 Å². The molecule has 6 heteroatoms. The van der Waals surface area contributed by atoms with E-state index < -0.39 is 5.97 Å². The van der Waals surface area contributed by atoms with Gasteiger partial charge < -0.3 is 13.9 Å². The zero-order valence-electron chi connectivity index (χ0n) is 17.4. The molecule has 1 atom stereocenters. The molecule has 158 valence electrons. The van der Waals surface area contributed by atoms with Crippen molar-refractivity contribution in [3.63, 3.8) is 0 Å². The molecule has 0 saturated heterocycles. The van der Waals surface area contributed by atoms with Gasteiger partial charge in [0, 0.05) is 5.92 Å². The molecule has 0 aromatic carbocycles. The molecule has 6 nitrogen and oxygen atoms in total. The van der Waals surface area contributed by atoms with Crippen molar-refractivity contribution in [2.45, 2.75) is 90.4 Å². The molecule has 0 spiro atoms. The first kappa shape index (κ1) is 22.4. The van der Waals surface area contributed by atoms with Crippen LogP contribution in [0.4, 0.5) is 0 Å². The van der Waals surface area contributed by atoms with Gasteiger partial charge in [0.05, 0.1) is 19.6 Å². The molecule has 1 fully saturated rings. The molecule has 0 bridgehead atoms. The largest absolute Gasteiger partial charge is 0.466 e.